The van der Waals surface area contributed by atoms with E-state index in [9.17, 15) is 5.11 Å². The Bertz CT molecular complexity index is 366. The summed E-state index contributed by atoms with van der Waals surface area (Å²) in [5.41, 5.74) is -0.302. The average molecular weight is 333 g/mol. The second-order valence-electron chi connectivity index (χ2n) is 5.01. The van der Waals surface area contributed by atoms with Gasteiger partial charge in [-0.05, 0) is 41.8 Å². The van der Waals surface area contributed by atoms with Crippen LogP contribution in [-0.2, 0) is 11.2 Å². The van der Waals surface area contributed by atoms with E-state index in [4.69, 9.17) is 4.74 Å². The molecule has 1 unspecified atom stereocenters. The van der Waals surface area contributed by atoms with Crippen molar-refractivity contribution in [1.82, 2.24) is 0 Å². The summed E-state index contributed by atoms with van der Waals surface area (Å²) in [5, 5.41) is 12.7. The Morgan fingerprint density at radius 3 is 2.72 bits per heavy atom. The Morgan fingerprint density at radius 1 is 1.44 bits per heavy atom. The summed E-state index contributed by atoms with van der Waals surface area (Å²) in [5.74, 6) is 0. The van der Waals surface area contributed by atoms with Crippen LogP contribution in [0.2, 0.25) is 0 Å². The maximum absolute atomic E-state index is 10.6. The maximum atomic E-state index is 10.6. The highest BCUT2D eigenvalue weighted by Crippen LogP contribution is 2.36. The molecule has 0 bridgehead atoms. The number of hydrogen-bond donors (Lipinski definition) is 1. The second-order valence-corrected chi connectivity index (χ2v) is 6.92. The third-order valence-corrected chi connectivity index (χ3v) is 5.48. The van der Waals surface area contributed by atoms with Gasteiger partial charge >= 0.3 is 0 Å². The summed E-state index contributed by atoms with van der Waals surface area (Å²) >= 11 is 5.16. The zero-order chi connectivity index (χ0) is 13.0. The average Bonchev–Trinajstić information content (AvgIpc) is 2.76. The largest absolute Gasteiger partial charge is 0.390 e. The van der Waals surface area contributed by atoms with Crippen molar-refractivity contribution < 1.29 is 9.84 Å². The fourth-order valence-corrected chi connectivity index (χ4v) is 4.34. The third kappa shape index (κ3) is 3.35. The molecule has 1 atom stereocenters. The lowest BCUT2D eigenvalue weighted by Gasteiger charge is -2.40. The molecule has 1 heterocycles. The van der Waals surface area contributed by atoms with Crippen molar-refractivity contribution in [2.75, 3.05) is 6.61 Å². The highest BCUT2D eigenvalue weighted by molar-refractivity contribution is 9.10. The van der Waals surface area contributed by atoms with Gasteiger partial charge in [0.15, 0.2) is 0 Å². The molecule has 102 valence electrons. The van der Waals surface area contributed by atoms with E-state index in [1.165, 1.54) is 24.1 Å². The van der Waals surface area contributed by atoms with Gasteiger partial charge in [0.1, 0.15) is 0 Å². The predicted molar refractivity (Wildman–Crippen MR) is 79.2 cm³/mol. The molecule has 1 aliphatic carbocycles. The van der Waals surface area contributed by atoms with Crippen LogP contribution in [0.3, 0.4) is 0 Å². The molecular formula is C14H21BrO2S. The summed E-state index contributed by atoms with van der Waals surface area (Å²) in [4.78, 5) is 1.22. The van der Waals surface area contributed by atoms with Crippen molar-refractivity contribution in [1.29, 1.82) is 0 Å². The van der Waals surface area contributed by atoms with Gasteiger partial charge in [-0.3, -0.25) is 0 Å². The van der Waals surface area contributed by atoms with Gasteiger partial charge in [0, 0.05) is 27.8 Å². The van der Waals surface area contributed by atoms with Crippen LogP contribution in [0.15, 0.2) is 15.9 Å². The molecule has 1 fully saturated rings. The molecule has 4 heteroatoms. The van der Waals surface area contributed by atoms with Gasteiger partial charge in [-0.15, -0.1) is 11.3 Å². The van der Waals surface area contributed by atoms with E-state index in [0.717, 1.165) is 17.3 Å². The molecule has 0 aromatic carbocycles. The predicted octanol–water partition coefficient (Wildman–Crippen LogP) is 4.15. The maximum Gasteiger partial charge on any atom is 0.0943 e. The Morgan fingerprint density at radius 2 is 2.17 bits per heavy atom. The van der Waals surface area contributed by atoms with Crippen LogP contribution < -0.4 is 0 Å². The van der Waals surface area contributed by atoms with E-state index in [1.54, 1.807) is 11.3 Å². The summed E-state index contributed by atoms with van der Waals surface area (Å²) in [7, 11) is 0. The van der Waals surface area contributed by atoms with Gasteiger partial charge in [0.2, 0.25) is 0 Å². The first kappa shape index (κ1) is 14.5. The lowest BCUT2D eigenvalue weighted by atomic mass is 9.79. The molecule has 0 radical (unpaired) electrons. The van der Waals surface area contributed by atoms with E-state index in [-0.39, 0.29) is 11.7 Å². The van der Waals surface area contributed by atoms with Gasteiger partial charge in [-0.1, -0.05) is 19.3 Å². The van der Waals surface area contributed by atoms with E-state index in [2.05, 4.69) is 27.4 Å². The molecule has 0 amide bonds. The fraction of sp³-hybridized carbons (Fsp3) is 0.714. The lowest BCUT2D eigenvalue weighted by molar-refractivity contribution is -0.138. The number of aliphatic hydroxyl groups excluding tert-OH is 1. The lowest BCUT2D eigenvalue weighted by Crippen LogP contribution is -2.47. The van der Waals surface area contributed by atoms with Crippen LogP contribution in [0, 0.1) is 0 Å². The van der Waals surface area contributed by atoms with E-state index in [0.29, 0.717) is 13.0 Å². The topological polar surface area (TPSA) is 29.5 Å². The van der Waals surface area contributed by atoms with Gasteiger partial charge in [-0.25, -0.2) is 0 Å². The number of rotatable bonds is 5. The smallest absolute Gasteiger partial charge is 0.0943 e. The molecule has 0 spiro atoms. The zero-order valence-electron chi connectivity index (χ0n) is 10.8. The quantitative estimate of drug-likeness (QED) is 0.877. The molecule has 18 heavy (non-hydrogen) atoms. The molecule has 1 aromatic rings. The van der Waals surface area contributed by atoms with Crippen LogP contribution in [0.1, 0.15) is 43.9 Å². The Labute approximate surface area is 121 Å². The highest BCUT2D eigenvalue weighted by Gasteiger charge is 2.39. The molecule has 1 saturated carbocycles. The van der Waals surface area contributed by atoms with Crippen molar-refractivity contribution >= 4 is 27.3 Å². The molecule has 0 saturated heterocycles. The summed E-state index contributed by atoms with van der Waals surface area (Å²) < 4.78 is 7.05. The molecule has 1 aliphatic rings. The molecular weight excluding hydrogens is 312 g/mol. The minimum absolute atomic E-state index is 0.302. The van der Waals surface area contributed by atoms with Gasteiger partial charge in [0.05, 0.1) is 11.7 Å². The van der Waals surface area contributed by atoms with Crippen LogP contribution in [-0.4, -0.2) is 23.4 Å². The van der Waals surface area contributed by atoms with Crippen molar-refractivity contribution in [2.24, 2.45) is 0 Å². The van der Waals surface area contributed by atoms with Gasteiger partial charge < -0.3 is 9.84 Å². The molecule has 0 aliphatic heterocycles. The van der Waals surface area contributed by atoms with Crippen LogP contribution >= 0.6 is 27.3 Å². The molecule has 2 nitrogen and oxygen atoms in total. The summed E-state index contributed by atoms with van der Waals surface area (Å²) in [6.45, 7) is 2.70. The van der Waals surface area contributed by atoms with Crippen LogP contribution in [0.4, 0.5) is 0 Å². The van der Waals surface area contributed by atoms with Crippen LogP contribution in [0.5, 0.6) is 0 Å². The second kappa shape index (κ2) is 6.51. The van der Waals surface area contributed by atoms with E-state index in [1.807, 2.05) is 6.92 Å². The fourth-order valence-electron chi connectivity index (χ4n) is 2.85. The minimum atomic E-state index is -0.386. The van der Waals surface area contributed by atoms with E-state index < -0.39 is 0 Å². The standard InChI is InChI=1S/C14H21BrO2S/c1-2-17-14(6-4-3-5-7-14)13(16)9-12-8-11(15)10-18-12/h8,10,13,16H,2-7,9H2,1H3. The highest BCUT2D eigenvalue weighted by atomic mass is 79.9. The molecule has 1 aromatic heterocycles. The van der Waals surface area contributed by atoms with Crippen molar-refractivity contribution in [3.05, 3.63) is 20.8 Å². The summed E-state index contributed by atoms with van der Waals surface area (Å²) in [6, 6.07) is 2.09. The Kier molecular flexibility index (Phi) is 5.24. The van der Waals surface area contributed by atoms with Gasteiger partial charge in [-0.2, -0.15) is 0 Å². The Balaban J connectivity index is 2.05. The summed E-state index contributed by atoms with van der Waals surface area (Å²) in [6.07, 6.45) is 5.92. The number of halogens is 1. The zero-order valence-corrected chi connectivity index (χ0v) is 13.2. The van der Waals surface area contributed by atoms with Crippen molar-refractivity contribution in [3.8, 4) is 0 Å². The minimum Gasteiger partial charge on any atom is -0.390 e. The number of ether oxygens (including phenoxy) is 1. The first-order valence-corrected chi connectivity index (χ1v) is 8.38. The normalized spacial score (nSPS) is 20.8. The number of thiophene rings is 1. The Hall–Kier alpha value is 0.1000. The number of hydrogen-bond acceptors (Lipinski definition) is 3. The molecule has 1 N–H and O–H groups in total. The number of aliphatic hydroxyl groups is 1. The monoisotopic (exact) mass is 332 g/mol. The van der Waals surface area contributed by atoms with Crippen LogP contribution in [0.25, 0.3) is 0 Å². The van der Waals surface area contributed by atoms with E-state index >= 15 is 0 Å². The molecule has 2 rings (SSSR count). The van der Waals surface area contributed by atoms with Crippen molar-refractivity contribution in [3.63, 3.8) is 0 Å². The third-order valence-electron chi connectivity index (χ3n) is 3.76. The first-order chi connectivity index (χ1) is 8.66. The first-order valence-electron chi connectivity index (χ1n) is 6.71. The van der Waals surface area contributed by atoms with Gasteiger partial charge in [0.25, 0.3) is 0 Å². The SMILES string of the molecule is CCOC1(C(O)Cc2cc(Br)cs2)CCCCC1. The van der Waals surface area contributed by atoms with Crippen molar-refractivity contribution in [2.45, 2.75) is 57.2 Å².